The second-order valence-corrected chi connectivity index (χ2v) is 4.35. The van der Waals surface area contributed by atoms with E-state index in [9.17, 15) is 14.4 Å². The van der Waals surface area contributed by atoms with Crippen LogP contribution in [0.15, 0.2) is 41.2 Å². The number of H-pyrrole nitrogens is 1. The van der Waals surface area contributed by atoms with E-state index in [1.807, 2.05) is 0 Å². The Kier molecular flexibility index (Phi) is 3.86. The van der Waals surface area contributed by atoms with Gasteiger partial charge in [-0.15, -0.1) is 0 Å². The number of aromatic nitrogens is 1. The van der Waals surface area contributed by atoms with Gasteiger partial charge in [0.05, 0.1) is 10.7 Å². The number of anilines is 1. The summed E-state index contributed by atoms with van der Waals surface area (Å²) in [6.45, 7) is 0. The number of amides is 2. The minimum absolute atomic E-state index is 0.0815. The predicted octanol–water partition coefficient (Wildman–Crippen LogP) is 1.38. The van der Waals surface area contributed by atoms with Crippen molar-refractivity contribution in [2.75, 3.05) is 5.32 Å². The van der Waals surface area contributed by atoms with Crippen molar-refractivity contribution in [1.29, 1.82) is 0 Å². The van der Waals surface area contributed by atoms with Crippen LogP contribution in [0.2, 0.25) is 5.02 Å². The largest absolute Gasteiger partial charge is 0.366 e. The number of carbonyl (C=O) groups excluding carboxylic acids is 2. The van der Waals surface area contributed by atoms with Crippen LogP contribution in [0.4, 0.5) is 5.69 Å². The third kappa shape index (κ3) is 3.04. The molecule has 1 aromatic carbocycles. The summed E-state index contributed by atoms with van der Waals surface area (Å²) in [5, 5.41) is 2.75. The van der Waals surface area contributed by atoms with Gasteiger partial charge in [0, 0.05) is 11.6 Å². The topological polar surface area (TPSA) is 105 Å². The quantitative estimate of drug-likeness (QED) is 0.795. The Hall–Kier alpha value is -2.60. The first-order chi connectivity index (χ1) is 9.47. The van der Waals surface area contributed by atoms with Crippen LogP contribution in [0.1, 0.15) is 20.8 Å². The lowest BCUT2D eigenvalue weighted by molar-refractivity contribution is 0.0995. The summed E-state index contributed by atoms with van der Waals surface area (Å²) in [6.07, 6.45) is 0. The Morgan fingerprint density at radius 2 is 1.95 bits per heavy atom. The molecule has 1 aromatic heterocycles. The van der Waals surface area contributed by atoms with E-state index < -0.39 is 17.4 Å². The standard InChI is InChI=1S/C13H10ClN3O3/c14-8-5-4-7(12(15)19)6-10(8)17-13(20)9-2-1-3-11(18)16-9/h1-6H,(H2,15,19)(H,16,18)(H,17,20). The van der Waals surface area contributed by atoms with Crippen molar-refractivity contribution in [2.45, 2.75) is 0 Å². The van der Waals surface area contributed by atoms with E-state index in [2.05, 4.69) is 10.3 Å². The fourth-order valence-corrected chi connectivity index (χ4v) is 1.71. The average molecular weight is 292 g/mol. The molecular formula is C13H10ClN3O3. The predicted molar refractivity (Wildman–Crippen MR) is 75.0 cm³/mol. The number of rotatable bonds is 3. The third-order valence-electron chi connectivity index (χ3n) is 2.51. The molecule has 0 bridgehead atoms. The molecule has 0 unspecified atom stereocenters. The fourth-order valence-electron chi connectivity index (χ4n) is 1.54. The third-order valence-corrected chi connectivity index (χ3v) is 2.84. The smallest absolute Gasteiger partial charge is 0.272 e. The van der Waals surface area contributed by atoms with E-state index in [4.69, 9.17) is 17.3 Å². The van der Waals surface area contributed by atoms with Crippen molar-refractivity contribution >= 4 is 29.1 Å². The minimum Gasteiger partial charge on any atom is -0.366 e. The molecule has 0 radical (unpaired) electrons. The summed E-state index contributed by atoms with van der Waals surface area (Å²) in [5.41, 5.74) is 5.29. The second kappa shape index (κ2) is 5.58. The van der Waals surface area contributed by atoms with Gasteiger partial charge in [-0.25, -0.2) is 0 Å². The number of hydrogen-bond acceptors (Lipinski definition) is 3. The molecule has 2 aromatic rings. The van der Waals surface area contributed by atoms with E-state index in [1.165, 1.54) is 36.4 Å². The monoisotopic (exact) mass is 291 g/mol. The van der Waals surface area contributed by atoms with Gasteiger partial charge in [0.1, 0.15) is 5.69 Å². The molecule has 0 aliphatic heterocycles. The summed E-state index contributed by atoms with van der Waals surface area (Å²) < 4.78 is 0. The van der Waals surface area contributed by atoms with Crippen LogP contribution in [-0.4, -0.2) is 16.8 Å². The van der Waals surface area contributed by atoms with Gasteiger partial charge in [-0.2, -0.15) is 0 Å². The summed E-state index contributed by atoms with van der Waals surface area (Å²) in [4.78, 5) is 36.5. The van der Waals surface area contributed by atoms with Crippen LogP contribution in [0.5, 0.6) is 0 Å². The molecule has 7 heteroatoms. The molecule has 0 fully saturated rings. The van der Waals surface area contributed by atoms with Crippen LogP contribution in [-0.2, 0) is 0 Å². The van der Waals surface area contributed by atoms with Crippen molar-refractivity contribution in [3.05, 3.63) is 63.0 Å². The van der Waals surface area contributed by atoms with Crippen molar-refractivity contribution < 1.29 is 9.59 Å². The lowest BCUT2D eigenvalue weighted by atomic mass is 10.2. The van der Waals surface area contributed by atoms with Gasteiger partial charge in [-0.1, -0.05) is 17.7 Å². The highest BCUT2D eigenvalue weighted by Crippen LogP contribution is 2.23. The van der Waals surface area contributed by atoms with Gasteiger partial charge >= 0.3 is 0 Å². The van der Waals surface area contributed by atoms with Crippen LogP contribution in [0.25, 0.3) is 0 Å². The lowest BCUT2D eigenvalue weighted by Gasteiger charge is -2.08. The average Bonchev–Trinajstić information content (AvgIpc) is 2.41. The number of halogens is 1. The van der Waals surface area contributed by atoms with Gasteiger partial charge in [-0.3, -0.25) is 14.4 Å². The molecule has 102 valence electrons. The number of nitrogens with two attached hydrogens (primary N) is 1. The van der Waals surface area contributed by atoms with Crippen molar-refractivity contribution in [3.63, 3.8) is 0 Å². The number of nitrogens with one attached hydrogen (secondary N) is 2. The zero-order chi connectivity index (χ0) is 14.7. The van der Waals surface area contributed by atoms with Crippen molar-refractivity contribution in [3.8, 4) is 0 Å². The second-order valence-electron chi connectivity index (χ2n) is 3.94. The first kappa shape index (κ1) is 13.8. The number of hydrogen-bond donors (Lipinski definition) is 3. The molecule has 0 saturated carbocycles. The van der Waals surface area contributed by atoms with Gasteiger partial charge in [0.25, 0.3) is 5.91 Å². The van der Waals surface area contributed by atoms with Crippen LogP contribution >= 0.6 is 11.6 Å². The molecule has 4 N–H and O–H groups in total. The maximum atomic E-state index is 11.9. The molecule has 0 aliphatic rings. The molecule has 20 heavy (non-hydrogen) atoms. The number of benzene rings is 1. The van der Waals surface area contributed by atoms with E-state index in [0.29, 0.717) is 0 Å². The zero-order valence-electron chi connectivity index (χ0n) is 10.1. The molecule has 2 amide bonds. The highest BCUT2D eigenvalue weighted by Gasteiger charge is 2.11. The Balaban J connectivity index is 2.30. The van der Waals surface area contributed by atoms with Crippen molar-refractivity contribution in [1.82, 2.24) is 4.98 Å². The SMILES string of the molecule is NC(=O)c1ccc(Cl)c(NC(=O)c2cccc(=O)[nH]2)c1. The maximum Gasteiger partial charge on any atom is 0.272 e. The molecule has 1 heterocycles. The van der Waals surface area contributed by atoms with E-state index >= 15 is 0 Å². The molecule has 6 nitrogen and oxygen atoms in total. The molecule has 2 rings (SSSR count). The van der Waals surface area contributed by atoms with Gasteiger partial charge in [0.15, 0.2) is 0 Å². The number of pyridine rings is 1. The number of carbonyl (C=O) groups is 2. The first-order valence-electron chi connectivity index (χ1n) is 5.57. The van der Waals surface area contributed by atoms with E-state index in [1.54, 1.807) is 0 Å². The Morgan fingerprint density at radius 1 is 1.20 bits per heavy atom. The summed E-state index contributed by atoms with van der Waals surface area (Å²) in [5.74, 6) is -1.18. The molecule has 0 aliphatic carbocycles. The van der Waals surface area contributed by atoms with E-state index in [0.717, 1.165) is 0 Å². The highest BCUT2D eigenvalue weighted by molar-refractivity contribution is 6.34. The summed E-state index contributed by atoms with van der Waals surface area (Å²) in [6, 6.07) is 8.45. The Bertz CT molecular complexity index is 740. The summed E-state index contributed by atoms with van der Waals surface area (Å²) >= 11 is 5.92. The van der Waals surface area contributed by atoms with Crippen LogP contribution in [0.3, 0.4) is 0 Å². The Morgan fingerprint density at radius 3 is 2.60 bits per heavy atom. The normalized spacial score (nSPS) is 10.1. The fraction of sp³-hybridized carbons (Fsp3) is 0. The minimum atomic E-state index is -0.634. The maximum absolute atomic E-state index is 11.9. The zero-order valence-corrected chi connectivity index (χ0v) is 10.9. The molecule has 0 atom stereocenters. The lowest BCUT2D eigenvalue weighted by Crippen LogP contribution is -2.18. The Labute approximate surface area is 118 Å². The van der Waals surface area contributed by atoms with E-state index in [-0.39, 0.29) is 22.0 Å². The molecule has 0 spiro atoms. The van der Waals surface area contributed by atoms with Crippen LogP contribution < -0.4 is 16.6 Å². The van der Waals surface area contributed by atoms with Gasteiger partial charge < -0.3 is 16.0 Å². The first-order valence-corrected chi connectivity index (χ1v) is 5.95. The highest BCUT2D eigenvalue weighted by atomic mass is 35.5. The van der Waals surface area contributed by atoms with Gasteiger partial charge in [-0.05, 0) is 24.3 Å². The van der Waals surface area contributed by atoms with Gasteiger partial charge in [0.2, 0.25) is 11.5 Å². The van der Waals surface area contributed by atoms with Crippen molar-refractivity contribution in [2.24, 2.45) is 5.73 Å². The number of primary amides is 1. The molecule has 0 saturated heterocycles. The van der Waals surface area contributed by atoms with Crippen LogP contribution in [0, 0.1) is 0 Å². The molecular weight excluding hydrogens is 282 g/mol. The summed E-state index contributed by atoms with van der Waals surface area (Å²) in [7, 11) is 0. The number of aromatic amines is 1.